The van der Waals surface area contributed by atoms with Crippen molar-refractivity contribution in [2.45, 2.75) is 25.4 Å². The van der Waals surface area contributed by atoms with E-state index in [4.69, 9.17) is 5.26 Å². The van der Waals surface area contributed by atoms with Gasteiger partial charge in [-0.05, 0) is 55.8 Å². The highest BCUT2D eigenvalue weighted by molar-refractivity contribution is 7.15. The molecule has 7 nitrogen and oxygen atoms in total. The van der Waals surface area contributed by atoms with Crippen molar-refractivity contribution in [3.63, 3.8) is 0 Å². The molecule has 1 fully saturated rings. The first-order valence-electron chi connectivity index (χ1n) is 11.5. The van der Waals surface area contributed by atoms with E-state index in [1.165, 1.54) is 4.88 Å². The fourth-order valence-corrected chi connectivity index (χ4v) is 5.76. The van der Waals surface area contributed by atoms with Crippen LogP contribution in [0.4, 0.5) is 0 Å². The summed E-state index contributed by atoms with van der Waals surface area (Å²) in [5.41, 5.74) is 6.44. The maximum Gasteiger partial charge on any atom is 0.137 e. The lowest BCUT2D eigenvalue weighted by Gasteiger charge is -2.17. The first kappa shape index (κ1) is 21.3. The molecular weight excluding hydrogens is 454 g/mol. The normalized spacial score (nSPS) is 15.9. The minimum absolute atomic E-state index is 0.0270. The average molecular weight is 476 g/mol. The number of benzene rings is 1. The summed E-state index contributed by atoms with van der Waals surface area (Å²) in [5.74, 6) is 0. The number of aromatic amines is 1. The second-order valence-electron chi connectivity index (χ2n) is 8.66. The third-order valence-corrected chi connectivity index (χ3v) is 7.64. The lowest BCUT2D eigenvalue weighted by Crippen LogP contribution is -2.26. The topological polar surface area (TPSA) is 96.8 Å². The lowest BCUT2D eigenvalue weighted by molar-refractivity contribution is 0.289. The maximum atomic E-state index is 9.39. The summed E-state index contributed by atoms with van der Waals surface area (Å²) in [6.07, 6.45) is 7.89. The number of rotatable bonds is 5. The van der Waals surface area contributed by atoms with Gasteiger partial charge in [-0.3, -0.25) is 14.4 Å². The zero-order valence-corrected chi connectivity index (χ0v) is 19.7. The zero-order chi connectivity index (χ0) is 23.8. The molecule has 0 saturated carbocycles. The van der Waals surface area contributed by atoms with Gasteiger partial charge >= 0.3 is 0 Å². The molecule has 0 aliphatic carbocycles. The van der Waals surface area contributed by atoms with Crippen LogP contribution in [0.1, 0.15) is 23.3 Å². The van der Waals surface area contributed by atoms with Gasteiger partial charge in [-0.1, -0.05) is 12.1 Å². The van der Waals surface area contributed by atoms with Crippen molar-refractivity contribution in [3.05, 3.63) is 77.6 Å². The van der Waals surface area contributed by atoms with Gasteiger partial charge in [0.1, 0.15) is 5.65 Å². The number of nitrogens with one attached hydrogen (secondary N) is 1. The van der Waals surface area contributed by atoms with E-state index >= 15 is 0 Å². The summed E-state index contributed by atoms with van der Waals surface area (Å²) in [4.78, 5) is 9.29. The van der Waals surface area contributed by atoms with Crippen molar-refractivity contribution in [2.75, 3.05) is 6.54 Å². The standard InChI is InChI=1S/C27H21N7S/c28-12-18-3-5-19(6-4-18)27-23(14-31-32-27)20-7-10-26-30-15-24(34(26)16-20)25-9-8-22(35-25)17-33-11-1-2-21(33)13-29/h3-10,14-16,21H,1-2,11,17H2,(H,31,32)/t21-/m0/s1. The van der Waals surface area contributed by atoms with E-state index in [9.17, 15) is 5.26 Å². The second-order valence-corrected chi connectivity index (χ2v) is 9.83. The fourth-order valence-electron chi connectivity index (χ4n) is 4.72. The van der Waals surface area contributed by atoms with E-state index < -0.39 is 0 Å². The molecule has 0 unspecified atom stereocenters. The summed E-state index contributed by atoms with van der Waals surface area (Å²) in [6, 6.07) is 20.5. The average Bonchev–Trinajstić information content (AvgIpc) is 3.70. The zero-order valence-electron chi connectivity index (χ0n) is 18.8. The number of nitrogens with zero attached hydrogens (tertiary/aromatic N) is 6. The third-order valence-electron chi connectivity index (χ3n) is 6.54. The smallest absolute Gasteiger partial charge is 0.137 e. The van der Waals surface area contributed by atoms with Gasteiger partial charge < -0.3 is 0 Å². The van der Waals surface area contributed by atoms with Gasteiger partial charge in [0.2, 0.25) is 0 Å². The number of aromatic nitrogens is 4. The molecule has 4 aromatic heterocycles. The van der Waals surface area contributed by atoms with Gasteiger partial charge in [-0.15, -0.1) is 11.3 Å². The van der Waals surface area contributed by atoms with Crippen molar-refractivity contribution in [3.8, 4) is 45.1 Å². The molecule has 5 aromatic rings. The minimum Gasteiger partial charge on any atom is -0.298 e. The van der Waals surface area contributed by atoms with Gasteiger partial charge in [0.15, 0.2) is 0 Å². The molecular formula is C27H21N7S. The van der Waals surface area contributed by atoms with E-state index in [2.05, 4.69) is 61.0 Å². The van der Waals surface area contributed by atoms with Crippen LogP contribution in [0.2, 0.25) is 0 Å². The number of fused-ring (bicyclic) bond motifs is 1. The molecule has 8 heteroatoms. The van der Waals surface area contributed by atoms with Gasteiger partial charge in [0.25, 0.3) is 0 Å². The molecule has 1 aliphatic heterocycles. The Kier molecular flexibility index (Phi) is 5.38. The molecule has 6 rings (SSSR count). The predicted molar refractivity (Wildman–Crippen MR) is 135 cm³/mol. The predicted octanol–water partition coefficient (Wildman–Crippen LogP) is 5.48. The van der Waals surface area contributed by atoms with Crippen LogP contribution >= 0.6 is 11.3 Å². The van der Waals surface area contributed by atoms with Crippen molar-refractivity contribution in [1.82, 2.24) is 24.5 Å². The summed E-state index contributed by atoms with van der Waals surface area (Å²) < 4.78 is 2.12. The first-order valence-corrected chi connectivity index (χ1v) is 12.3. The Labute approximate surface area is 206 Å². The van der Waals surface area contributed by atoms with Gasteiger partial charge in [-0.2, -0.15) is 15.6 Å². The van der Waals surface area contributed by atoms with Crippen LogP contribution in [0.25, 0.3) is 38.6 Å². The molecule has 1 saturated heterocycles. The lowest BCUT2D eigenvalue weighted by atomic mass is 10.0. The fraction of sp³-hybridized carbons (Fsp3) is 0.185. The van der Waals surface area contributed by atoms with Crippen LogP contribution in [-0.4, -0.2) is 37.1 Å². The van der Waals surface area contributed by atoms with Crippen LogP contribution in [0.15, 0.2) is 67.1 Å². The van der Waals surface area contributed by atoms with Crippen LogP contribution < -0.4 is 0 Å². The van der Waals surface area contributed by atoms with E-state index in [1.807, 2.05) is 42.7 Å². The molecule has 1 aromatic carbocycles. The number of thiophene rings is 1. The number of hydrogen-bond donors (Lipinski definition) is 1. The highest BCUT2D eigenvalue weighted by Gasteiger charge is 2.24. The first-order chi connectivity index (χ1) is 17.2. The Morgan fingerprint density at radius 3 is 2.71 bits per heavy atom. The molecule has 0 spiro atoms. The van der Waals surface area contributed by atoms with Crippen molar-refractivity contribution in [2.24, 2.45) is 0 Å². The van der Waals surface area contributed by atoms with Gasteiger partial charge in [0, 0.05) is 34.3 Å². The van der Waals surface area contributed by atoms with E-state index in [0.29, 0.717) is 5.56 Å². The molecule has 0 amide bonds. The number of pyridine rings is 1. The molecule has 0 radical (unpaired) electrons. The quantitative estimate of drug-likeness (QED) is 0.363. The number of imidazole rings is 1. The number of hydrogen-bond acceptors (Lipinski definition) is 6. The van der Waals surface area contributed by atoms with E-state index in [1.54, 1.807) is 11.3 Å². The SMILES string of the molecule is N#Cc1ccc(-c2[nH]ncc2-c2ccc3ncc(-c4ccc(CN5CCC[C@H]5C#N)s4)n3c2)cc1. The van der Waals surface area contributed by atoms with Crippen LogP contribution in [0.5, 0.6) is 0 Å². The van der Waals surface area contributed by atoms with Crippen molar-refractivity contribution in [1.29, 1.82) is 10.5 Å². The van der Waals surface area contributed by atoms with Crippen LogP contribution in [0, 0.1) is 22.7 Å². The van der Waals surface area contributed by atoms with Gasteiger partial charge in [-0.25, -0.2) is 4.98 Å². The Morgan fingerprint density at radius 2 is 1.89 bits per heavy atom. The molecule has 1 aliphatic rings. The van der Waals surface area contributed by atoms with Crippen LogP contribution in [0.3, 0.4) is 0 Å². The molecule has 170 valence electrons. The van der Waals surface area contributed by atoms with Gasteiger partial charge in [0.05, 0.1) is 52.4 Å². The molecule has 35 heavy (non-hydrogen) atoms. The summed E-state index contributed by atoms with van der Waals surface area (Å²) >= 11 is 1.75. The summed E-state index contributed by atoms with van der Waals surface area (Å²) in [5, 5.41) is 25.9. The number of likely N-dealkylation sites (tertiary alicyclic amines) is 1. The largest absolute Gasteiger partial charge is 0.298 e. The molecule has 1 atom stereocenters. The second kappa shape index (κ2) is 8.84. The highest BCUT2D eigenvalue weighted by Crippen LogP contribution is 2.34. The Balaban J connectivity index is 1.33. The summed E-state index contributed by atoms with van der Waals surface area (Å²) in [7, 11) is 0. The van der Waals surface area contributed by atoms with E-state index in [-0.39, 0.29) is 6.04 Å². The Morgan fingerprint density at radius 1 is 1.03 bits per heavy atom. The number of H-pyrrole nitrogens is 1. The maximum absolute atomic E-state index is 9.39. The van der Waals surface area contributed by atoms with Crippen LogP contribution in [-0.2, 0) is 6.54 Å². The third kappa shape index (κ3) is 3.89. The molecule has 5 heterocycles. The van der Waals surface area contributed by atoms with E-state index in [0.717, 1.165) is 64.5 Å². The van der Waals surface area contributed by atoms with Crippen molar-refractivity contribution >= 4 is 17.0 Å². The highest BCUT2D eigenvalue weighted by atomic mass is 32.1. The molecule has 0 bridgehead atoms. The Hall–Kier alpha value is -4.24. The molecule has 1 N–H and O–H groups in total. The minimum atomic E-state index is 0.0270. The van der Waals surface area contributed by atoms with Crippen molar-refractivity contribution < 1.29 is 0 Å². The summed E-state index contributed by atoms with van der Waals surface area (Å²) in [6.45, 7) is 1.80. The Bertz CT molecular complexity index is 1590. The monoisotopic (exact) mass is 475 g/mol. The number of nitriles is 2.